The van der Waals surface area contributed by atoms with Crippen molar-refractivity contribution < 1.29 is 9.13 Å². The number of rotatable bonds is 4. The molecule has 0 radical (unpaired) electrons. The lowest BCUT2D eigenvalue weighted by Crippen LogP contribution is -2.07. The molecule has 0 bridgehead atoms. The van der Waals surface area contributed by atoms with Gasteiger partial charge in [0.05, 0.1) is 12.0 Å². The van der Waals surface area contributed by atoms with Crippen LogP contribution in [0, 0.1) is 5.82 Å². The van der Waals surface area contributed by atoms with Gasteiger partial charge in [0.1, 0.15) is 11.6 Å². The summed E-state index contributed by atoms with van der Waals surface area (Å²) < 4.78 is 19.0. The number of methoxy groups -OCH3 is 1. The number of hydrogen-bond acceptors (Lipinski definition) is 3. The molecule has 0 saturated heterocycles. The van der Waals surface area contributed by atoms with E-state index in [1.807, 2.05) is 37.3 Å². The van der Waals surface area contributed by atoms with Crippen molar-refractivity contribution in [2.45, 2.75) is 22.8 Å². The molecule has 1 atom stereocenters. The quantitative estimate of drug-likeness (QED) is 0.917. The third kappa shape index (κ3) is 3.28. The molecule has 0 fully saturated rings. The van der Waals surface area contributed by atoms with E-state index in [1.54, 1.807) is 13.2 Å². The fraction of sp³-hybridized carbons (Fsp3) is 0.200. The molecule has 0 aliphatic rings. The van der Waals surface area contributed by atoms with Crippen LogP contribution in [0.15, 0.2) is 52.3 Å². The van der Waals surface area contributed by atoms with Crippen molar-refractivity contribution in [2.24, 2.45) is 5.73 Å². The van der Waals surface area contributed by atoms with Gasteiger partial charge in [0.25, 0.3) is 0 Å². The fourth-order valence-corrected chi connectivity index (χ4v) is 2.80. The minimum atomic E-state index is -0.240. The van der Waals surface area contributed by atoms with E-state index in [4.69, 9.17) is 10.5 Å². The zero-order chi connectivity index (χ0) is 13.8. The van der Waals surface area contributed by atoms with Crippen LogP contribution in [0.5, 0.6) is 5.75 Å². The van der Waals surface area contributed by atoms with E-state index in [0.29, 0.717) is 4.90 Å². The normalized spacial score (nSPS) is 12.2. The van der Waals surface area contributed by atoms with Gasteiger partial charge in [-0.1, -0.05) is 23.9 Å². The summed E-state index contributed by atoms with van der Waals surface area (Å²) in [5.74, 6) is 0.543. The van der Waals surface area contributed by atoms with Crippen LogP contribution in [-0.4, -0.2) is 7.11 Å². The average Bonchev–Trinajstić information content (AvgIpc) is 2.41. The molecule has 0 heterocycles. The maximum absolute atomic E-state index is 13.9. The van der Waals surface area contributed by atoms with E-state index in [0.717, 1.165) is 16.2 Å². The van der Waals surface area contributed by atoms with Crippen LogP contribution in [0.1, 0.15) is 18.5 Å². The Bertz CT molecular complexity index is 555. The van der Waals surface area contributed by atoms with Crippen LogP contribution in [0.4, 0.5) is 4.39 Å². The van der Waals surface area contributed by atoms with Gasteiger partial charge in [0, 0.05) is 10.9 Å². The number of benzene rings is 2. The molecule has 2 aromatic rings. The van der Waals surface area contributed by atoms with Crippen LogP contribution in [0.2, 0.25) is 0 Å². The van der Waals surface area contributed by atoms with E-state index >= 15 is 0 Å². The van der Waals surface area contributed by atoms with Crippen molar-refractivity contribution >= 4 is 11.8 Å². The SMILES string of the molecule is COc1ccc(Sc2c(F)cccc2[C@H](C)N)cc1. The van der Waals surface area contributed by atoms with Crippen molar-refractivity contribution in [3.8, 4) is 5.75 Å². The van der Waals surface area contributed by atoms with Gasteiger partial charge in [0.15, 0.2) is 0 Å². The summed E-state index contributed by atoms with van der Waals surface area (Å²) in [6.07, 6.45) is 0. The Kier molecular flexibility index (Phi) is 4.45. The van der Waals surface area contributed by atoms with E-state index in [9.17, 15) is 4.39 Å². The highest BCUT2D eigenvalue weighted by Gasteiger charge is 2.12. The van der Waals surface area contributed by atoms with E-state index in [1.165, 1.54) is 17.8 Å². The molecular formula is C15H16FNOS. The minimum Gasteiger partial charge on any atom is -0.497 e. The largest absolute Gasteiger partial charge is 0.497 e. The lowest BCUT2D eigenvalue weighted by molar-refractivity contribution is 0.414. The molecule has 0 unspecified atom stereocenters. The molecule has 2 nitrogen and oxygen atoms in total. The summed E-state index contributed by atoms with van der Waals surface area (Å²) in [4.78, 5) is 1.54. The smallest absolute Gasteiger partial charge is 0.137 e. The molecule has 0 aliphatic carbocycles. The second kappa shape index (κ2) is 6.08. The van der Waals surface area contributed by atoms with Crippen LogP contribution in [0.3, 0.4) is 0 Å². The van der Waals surface area contributed by atoms with Crippen molar-refractivity contribution in [2.75, 3.05) is 7.11 Å². The van der Waals surface area contributed by atoms with E-state index in [2.05, 4.69) is 0 Å². The lowest BCUT2D eigenvalue weighted by Gasteiger charge is -2.13. The molecule has 0 aliphatic heterocycles. The molecule has 0 spiro atoms. The Hall–Kier alpha value is -1.52. The van der Waals surface area contributed by atoms with Crippen molar-refractivity contribution in [1.29, 1.82) is 0 Å². The predicted octanol–water partition coefficient (Wildman–Crippen LogP) is 4.01. The van der Waals surface area contributed by atoms with E-state index in [-0.39, 0.29) is 11.9 Å². The van der Waals surface area contributed by atoms with Gasteiger partial charge < -0.3 is 10.5 Å². The second-order valence-corrected chi connectivity index (χ2v) is 5.31. The van der Waals surface area contributed by atoms with Gasteiger partial charge in [-0.05, 0) is 42.8 Å². The third-order valence-electron chi connectivity index (χ3n) is 2.77. The molecule has 100 valence electrons. The van der Waals surface area contributed by atoms with Crippen LogP contribution in [-0.2, 0) is 0 Å². The molecule has 2 N–H and O–H groups in total. The second-order valence-electron chi connectivity index (χ2n) is 4.22. The maximum atomic E-state index is 13.9. The van der Waals surface area contributed by atoms with Gasteiger partial charge in [-0.2, -0.15) is 0 Å². The standard InChI is InChI=1S/C15H16FNOS/c1-10(17)13-4-3-5-14(16)15(13)19-12-8-6-11(18-2)7-9-12/h3-10H,17H2,1-2H3/t10-/m0/s1. The summed E-state index contributed by atoms with van der Waals surface area (Å²) in [5.41, 5.74) is 6.70. The first-order valence-corrected chi connectivity index (χ1v) is 6.79. The summed E-state index contributed by atoms with van der Waals surface area (Å²) in [5, 5.41) is 0. The first-order chi connectivity index (χ1) is 9.11. The summed E-state index contributed by atoms with van der Waals surface area (Å²) >= 11 is 1.38. The minimum absolute atomic E-state index is 0.198. The predicted molar refractivity (Wildman–Crippen MR) is 76.1 cm³/mol. The molecule has 2 aromatic carbocycles. The zero-order valence-electron chi connectivity index (χ0n) is 10.9. The number of ether oxygens (including phenoxy) is 1. The Morgan fingerprint density at radius 2 is 1.84 bits per heavy atom. The first kappa shape index (κ1) is 13.9. The Morgan fingerprint density at radius 3 is 2.42 bits per heavy atom. The molecule has 0 amide bonds. The Balaban J connectivity index is 2.31. The van der Waals surface area contributed by atoms with Crippen LogP contribution < -0.4 is 10.5 Å². The molecular weight excluding hydrogens is 261 g/mol. The lowest BCUT2D eigenvalue weighted by atomic mass is 10.1. The topological polar surface area (TPSA) is 35.2 Å². The van der Waals surface area contributed by atoms with Crippen LogP contribution in [0.25, 0.3) is 0 Å². The number of halogens is 1. The van der Waals surface area contributed by atoms with Crippen molar-refractivity contribution in [3.63, 3.8) is 0 Å². The summed E-state index contributed by atoms with van der Waals surface area (Å²) in [6.45, 7) is 1.85. The fourth-order valence-electron chi connectivity index (χ4n) is 1.75. The zero-order valence-corrected chi connectivity index (χ0v) is 11.7. The highest BCUT2D eigenvalue weighted by Crippen LogP contribution is 2.35. The monoisotopic (exact) mass is 277 g/mol. The third-order valence-corrected chi connectivity index (χ3v) is 3.91. The van der Waals surface area contributed by atoms with Gasteiger partial charge in [-0.15, -0.1) is 0 Å². The molecule has 4 heteroatoms. The van der Waals surface area contributed by atoms with Crippen molar-refractivity contribution in [1.82, 2.24) is 0 Å². The first-order valence-electron chi connectivity index (χ1n) is 5.97. The van der Waals surface area contributed by atoms with E-state index < -0.39 is 0 Å². The summed E-state index contributed by atoms with van der Waals surface area (Å²) in [6, 6.07) is 12.3. The van der Waals surface area contributed by atoms with Gasteiger partial charge in [-0.25, -0.2) is 4.39 Å². The van der Waals surface area contributed by atoms with Gasteiger partial charge >= 0.3 is 0 Å². The van der Waals surface area contributed by atoms with Gasteiger partial charge in [0.2, 0.25) is 0 Å². The summed E-state index contributed by atoms with van der Waals surface area (Å²) in [7, 11) is 1.62. The molecule has 0 saturated carbocycles. The Labute approximate surface area is 116 Å². The molecule has 2 rings (SSSR count). The number of nitrogens with two attached hydrogens (primary N) is 1. The highest BCUT2D eigenvalue weighted by atomic mass is 32.2. The molecule has 19 heavy (non-hydrogen) atoms. The average molecular weight is 277 g/mol. The Morgan fingerprint density at radius 1 is 1.16 bits per heavy atom. The highest BCUT2D eigenvalue weighted by molar-refractivity contribution is 7.99. The number of hydrogen-bond donors (Lipinski definition) is 1. The molecule has 0 aromatic heterocycles. The van der Waals surface area contributed by atoms with Crippen molar-refractivity contribution in [3.05, 3.63) is 53.8 Å². The van der Waals surface area contributed by atoms with Crippen LogP contribution >= 0.6 is 11.8 Å². The van der Waals surface area contributed by atoms with Gasteiger partial charge in [-0.3, -0.25) is 0 Å². The maximum Gasteiger partial charge on any atom is 0.137 e.